The first kappa shape index (κ1) is 31.5. The van der Waals surface area contributed by atoms with Crippen molar-refractivity contribution in [2.24, 2.45) is 17.8 Å². The molecule has 8 nitrogen and oxygen atoms in total. The summed E-state index contributed by atoms with van der Waals surface area (Å²) in [5.74, 6) is 1.44. The van der Waals surface area contributed by atoms with Crippen LogP contribution in [0.4, 0.5) is 0 Å². The molecule has 254 valence electrons. The molecule has 0 radical (unpaired) electrons. The number of aromatic hydroxyl groups is 3. The molecule has 1 saturated carbocycles. The molecule has 8 heteroatoms. The van der Waals surface area contributed by atoms with E-state index in [9.17, 15) is 20.4 Å². The van der Waals surface area contributed by atoms with E-state index in [-0.39, 0.29) is 41.1 Å². The van der Waals surface area contributed by atoms with E-state index < -0.39 is 12.2 Å². The molecule has 0 spiro atoms. The van der Waals surface area contributed by atoms with E-state index in [1.165, 1.54) is 31.9 Å². The van der Waals surface area contributed by atoms with Crippen LogP contribution in [-0.4, -0.2) is 57.3 Å². The van der Waals surface area contributed by atoms with Crippen LogP contribution in [0.1, 0.15) is 97.1 Å². The van der Waals surface area contributed by atoms with Gasteiger partial charge in [-0.15, -0.1) is 0 Å². The first-order valence-corrected chi connectivity index (χ1v) is 17.9. The zero-order valence-corrected chi connectivity index (χ0v) is 27.6. The fourth-order valence-electron chi connectivity index (χ4n) is 9.70. The summed E-state index contributed by atoms with van der Waals surface area (Å²) in [4.78, 5) is 3.08. The number of phenolic OH excluding ortho intramolecular Hbond substituents is 3. The number of piperidine rings is 1. The molecule has 9 atom stereocenters. The number of rotatable bonds is 6. The quantitative estimate of drug-likeness (QED) is 0.127. The van der Waals surface area contributed by atoms with E-state index >= 15 is 0 Å². The summed E-state index contributed by atoms with van der Waals surface area (Å²) in [6, 6.07) is 10.2. The molecule has 0 amide bonds. The van der Waals surface area contributed by atoms with Crippen molar-refractivity contribution in [1.29, 1.82) is 0 Å². The predicted molar refractivity (Wildman–Crippen MR) is 184 cm³/mol. The zero-order chi connectivity index (χ0) is 32.9. The lowest BCUT2D eigenvalue weighted by Crippen LogP contribution is -2.44. The largest absolute Gasteiger partial charge is 0.508 e. The fraction of sp³-hybridized carbons (Fsp3) is 0.500. The van der Waals surface area contributed by atoms with Gasteiger partial charge in [0.25, 0.3) is 0 Å². The van der Waals surface area contributed by atoms with Gasteiger partial charge in [0.2, 0.25) is 5.75 Å². The van der Waals surface area contributed by atoms with Crippen molar-refractivity contribution in [2.75, 3.05) is 13.7 Å². The van der Waals surface area contributed by atoms with Crippen LogP contribution in [0.3, 0.4) is 0 Å². The van der Waals surface area contributed by atoms with Crippen LogP contribution in [0, 0.1) is 17.8 Å². The Hall–Kier alpha value is -3.72. The molecule has 3 aliphatic carbocycles. The van der Waals surface area contributed by atoms with Gasteiger partial charge in [0.1, 0.15) is 5.75 Å². The van der Waals surface area contributed by atoms with Gasteiger partial charge in [-0.25, -0.2) is 0 Å². The number of allylic oxidation sites excluding steroid dienone is 3. The Morgan fingerprint density at radius 2 is 1.90 bits per heavy atom. The number of nitrogens with one attached hydrogen (secondary N) is 2. The van der Waals surface area contributed by atoms with Crippen LogP contribution >= 0.6 is 0 Å². The number of ether oxygens (including phenoxy) is 2. The van der Waals surface area contributed by atoms with Gasteiger partial charge < -0.3 is 40.2 Å². The summed E-state index contributed by atoms with van der Waals surface area (Å²) in [5, 5.41) is 47.8. The van der Waals surface area contributed by atoms with E-state index in [1.54, 1.807) is 11.6 Å². The van der Waals surface area contributed by atoms with Crippen LogP contribution in [0.5, 0.6) is 23.0 Å². The standard InChI is InChI=1S/C40H48N2O6/c1-47-40-32(14-22-11-13-41-21-22)31(19-36(45)39(40)46)38-20-35(44)28-9-7-24(18-37(28)48-38)23-8-10-34(43)30(15-23)27-6-2-4-25-17-33-26(16-29(25)27)5-3-12-42-33/h2,6,8,10-11,13,15-16,19,21,24-25,27-29,33,35,37-38,41-46H,3-5,7,9,12,14,17-18,20H2,1H3/t24-,25+,27+,28+,29-,33-,35+,37+,38+/m1/s1. The molecule has 48 heavy (non-hydrogen) atoms. The molecule has 2 saturated heterocycles. The predicted octanol–water partition coefficient (Wildman–Crippen LogP) is 6.86. The smallest absolute Gasteiger partial charge is 0.200 e. The van der Waals surface area contributed by atoms with Gasteiger partial charge in [-0.2, -0.15) is 0 Å². The summed E-state index contributed by atoms with van der Waals surface area (Å²) in [6.45, 7) is 1.10. The second-order valence-corrected chi connectivity index (χ2v) is 14.8. The second-order valence-electron chi connectivity index (χ2n) is 14.8. The van der Waals surface area contributed by atoms with Crippen LogP contribution in [-0.2, 0) is 11.2 Å². The lowest BCUT2D eigenvalue weighted by atomic mass is 9.65. The number of fused-ring (bicyclic) bond motifs is 3. The number of aliphatic hydroxyl groups is 1. The fourth-order valence-corrected chi connectivity index (χ4v) is 9.70. The monoisotopic (exact) mass is 652 g/mol. The first-order valence-electron chi connectivity index (χ1n) is 17.9. The van der Waals surface area contributed by atoms with Gasteiger partial charge in [0.15, 0.2) is 11.5 Å². The highest BCUT2D eigenvalue weighted by Crippen LogP contribution is 2.52. The van der Waals surface area contributed by atoms with Crippen LogP contribution in [0.15, 0.2) is 66.5 Å². The number of methoxy groups -OCH3 is 1. The minimum Gasteiger partial charge on any atom is -0.508 e. The number of phenols is 3. The number of hydrogen-bond donors (Lipinski definition) is 6. The van der Waals surface area contributed by atoms with E-state index in [4.69, 9.17) is 9.47 Å². The summed E-state index contributed by atoms with van der Waals surface area (Å²) < 4.78 is 12.5. The van der Waals surface area contributed by atoms with Crippen molar-refractivity contribution in [2.45, 2.75) is 94.0 Å². The maximum Gasteiger partial charge on any atom is 0.200 e. The highest BCUT2D eigenvalue weighted by atomic mass is 16.5. The maximum atomic E-state index is 11.5. The van der Waals surface area contributed by atoms with Crippen molar-refractivity contribution in [1.82, 2.24) is 10.3 Å². The summed E-state index contributed by atoms with van der Waals surface area (Å²) in [7, 11) is 1.49. The summed E-state index contributed by atoms with van der Waals surface area (Å²) in [6.07, 6.45) is 17.8. The summed E-state index contributed by atoms with van der Waals surface area (Å²) in [5.41, 5.74) is 6.26. The minimum atomic E-state index is -0.547. The Labute approximate surface area is 282 Å². The molecule has 2 aliphatic heterocycles. The number of hydrogen-bond acceptors (Lipinski definition) is 7. The van der Waals surface area contributed by atoms with Crippen LogP contribution in [0.25, 0.3) is 0 Å². The molecule has 2 aromatic carbocycles. The topological polar surface area (TPSA) is 127 Å². The highest BCUT2D eigenvalue weighted by molar-refractivity contribution is 5.59. The third-order valence-corrected chi connectivity index (χ3v) is 12.1. The van der Waals surface area contributed by atoms with Crippen LogP contribution < -0.4 is 10.1 Å². The number of benzene rings is 2. The Morgan fingerprint density at radius 1 is 1.00 bits per heavy atom. The van der Waals surface area contributed by atoms with E-state index in [0.717, 1.165) is 54.5 Å². The van der Waals surface area contributed by atoms with Gasteiger partial charge in [-0.1, -0.05) is 35.9 Å². The Balaban J connectivity index is 1.06. The molecule has 5 aliphatic rings. The molecular formula is C40H48N2O6. The van der Waals surface area contributed by atoms with E-state index in [2.05, 4.69) is 40.7 Å². The maximum absolute atomic E-state index is 11.5. The van der Waals surface area contributed by atoms with Gasteiger partial charge in [-0.05, 0) is 104 Å². The lowest BCUT2D eigenvalue weighted by Gasteiger charge is -2.45. The van der Waals surface area contributed by atoms with E-state index in [1.807, 2.05) is 24.5 Å². The average Bonchev–Trinajstić information content (AvgIpc) is 3.62. The molecule has 3 fully saturated rings. The Morgan fingerprint density at radius 3 is 2.73 bits per heavy atom. The summed E-state index contributed by atoms with van der Waals surface area (Å²) >= 11 is 0. The van der Waals surface area contributed by atoms with Crippen molar-refractivity contribution >= 4 is 0 Å². The molecule has 0 bridgehead atoms. The molecule has 6 N–H and O–H groups in total. The lowest BCUT2D eigenvalue weighted by molar-refractivity contribution is -0.154. The number of aliphatic hydroxyl groups excluding tert-OH is 1. The zero-order valence-electron chi connectivity index (χ0n) is 27.6. The second kappa shape index (κ2) is 13.0. The van der Waals surface area contributed by atoms with Crippen molar-refractivity contribution in [3.63, 3.8) is 0 Å². The van der Waals surface area contributed by atoms with Crippen molar-refractivity contribution in [3.8, 4) is 23.0 Å². The molecule has 3 heterocycles. The van der Waals surface area contributed by atoms with Crippen molar-refractivity contribution in [3.05, 3.63) is 94.3 Å². The van der Waals surface area contributed by atoms with Crippen LogP contribution in [0.2, 0.25) is 0 Å². The molecular weight excluding hydrogens is 604 g/mol. The van der Waals surface area contributed by atoms with Gasteiger partial charge in [0, 0.05) is 54.2 Å². The molecule has 1 aromatic heterocycles. The van der Waals surface area contributed by atoms with Gasteiger partial charge >= 0.3 is 0 Å². The van der Waals surface area contributed by atoms with Gasteiger partial charge in [0.05, 0.1) is 25.4 Å². The average molecular weight is 653 g/mol. The molecule has 8 rings (SSSR count). The Bertz CT molecular complexity index is 1700. The number of aromatic nitrogens is 1. The molecule has 3 aromatic rings. The van der Waals surface area contributed by atoms with Gasteiger partial charge in [-0.3, -0.25) is 0 Å². The highest BCUT2D eigenvalue weighted by Gasteiger charge is 2.44. The third-order valence-electron chi connectivity index (χ3n) is 12.1. The SMILES string of the molecule is COc1c(O)c(O)cc([C@@H]2C[C@H](O)[C@@H]3CC[C@@H](c4ccc(O)c([C@H]5C=CC[C@H]6C[C@H]7NCCCC7=C[C@H]65)c4)C[C@@H]3O2)c1Cc1cc[nH]c1. The molecule has 0 unspecified atom stereocenters. The van der Waals surface area contributed by atoms with Crippen molar-refractivity contribution < 1.29 is 29.9 Å². The normalized spacial score (nSPS) is 32.9. The first-order chi connectivity index (χ1) is 23.4. The number of H-pyrrole nitrogens is 1. The van der Waals surface area contributed by atoms with E-state index in [0.29, 0.717) is 36.5 Å². The third kappa shape index (κ3) is 5.71. The minimum absolute atomic E-state index is 0.0303. The Kier molecular flexibility index (Phi) is 8.51. The number of aromatic amines is 1.